The minimum atomic E-state index is -1.04. The Hall–Kier alpha value is -2.63. The molecule has 1 N–H and O–H groups in total. The molecule has 110 valence electrons. The first-order valence-corrected chi connectivity index (χ1v) is 6.52. The quantitative estimate of drug-likeness (QED) is 0.929. The fourth-order valence-electron chi connectivity index (χ4n) is 1.93. The summed E-state index contributed by atoms with van der Waals surface area (Å²) in [5.74, 6) is -1.41. The average Bonchev–Trinajstić information content (AvgIpc) is 2.94. The highest BCUT2D eigenvalue weighted by atomic mass is 16.4. The number of carbonyl (C=O) groups excluding carboxylic acids is 1. The van der Waals surface area contributed by atoms with Crippen LogP contribution in [-0.2, 0) is 4.79 Å². The standard InChI is InChI=1S/C15H17N3O3/c1-10-6-4-5-7-13(10)18-9-12(8-16-18)14(19)17(3)11(2)15(20)21/h4-9,11H,1-3H3,(H,20,21). The van der Waals surface area contributed by atoms with Crippen LogP contribution < -0.4 is 0 Å². The monoisotopic (exact) mass is 287 g/mol. The van der Waals surface area contributed by atoms with Crippen molar-refractivity contribution in [3.8, 4) is 5.69 Å². The Morgan fingerprint density at radius 1 is 1.33 bits per heavy atom. The van der Waals surface area contributed by atoms with Gasteiger partial charge in [0.1, 0.15) is 6.04 Å². The fraction of sp³-hybridized carbons (Fsp3) is 0.267. The predicted octanol–water partition coefficient (Wildman–Crippen LogP) is 1.73. The number of aliphatic carboxylic acids is 1. The van der Waals surface area contributed by atoms with E-state index in [4.69, 9.17) is 5.11 Å². The molecule has 1 aromatic heterocycles. The molecule has 0 aliphatic carbocycles. The SMILES string of the molecule is Cc1ccccc1-n1cc(C(=O)N(C)C(C)C(=O)O)cn1. The van der Waals surface area contributed by atoms with Crippen LogP contribution in [0.4, 0.5) is 0 Å². The normalized spacial score (nSPS) is 12.0. The van der Waals surface area contributed by atoms with E-state index in [-0.39, 0.29) is 5.91 Å². The van der Waals surface area contributed by atoms with Crippen molar-refractivity contribution < 1.29 is 14.7 Å². The zero-order valence-electron chi connectivity index (χ0n) is 12.1. The Labute approximate surface area is 122 Å². The highest BCUT2D eigenvalue weighted by Gasteiger charge is 2.23. The molecule has 1 amide bonds. The molecular weight excluding hydrogens is 270 g/mol. The molecule has 0 radical (unpaired) electrons. The van der Waals surface area contributed by atoms with Crippen LogP contribution in [0.3, 0.4) is 0 Å². The Balaban J connectivity index is 2.26. The maximum Gasteiger partial charge on any atom is 0.326 e. The summed E-state index contributed by atoms with van der Waals surface area (Å²) >= 11 is 0. The highest BCUT2D eigenvalue weighted by Crippen LogP contribution is 2.14. The lowest BCUT2D eigenvalue weighted by molar-refractivity contribution is -0.141. The van der Waals surface area contributed by atoms with Gasteiger partial charge < -0.3 is 10.0 Å². The number of carboxylic acids is 1. The maximum absolute atomic E-state index is 12.2. The topological polar surface area (TPSA) is 75.4 Å². The summed E-state index contributed by atoms with van der Waals surface area (Å²) in [5.41, 5.74) is 2.27. The van der Waals surface area contributed by atoms with Gasteiger partial charge in [0, 0.05) is 13.2 Å². The highest BCUT2D eigenvalue weighted by molar-refractivity contribution is 5.96. The molecule has 0 aliphatic heterocycles. The summed E-state index contributed by atoms with van der Waals surface area (Å²) in [5, 5.41) is 13.1. The van der Waals surface area contributed by atoms with E-state index in [1.54, 1.807) is 10.9 Å². The largest absolute Gasteiger partial charge is 0.480 e. The maximum atomic E-state index is 12.2. The smallest absolute Gasteiger partial charge is 0.326 e. The second-order valence-corrected chi connectivity index (χ2v) is 4.89. The molecular formula is C15H17N3O3. The van der Waals surface area contributed by atoms with Crippen molar-refractivity contribution in [2.45, 2.75) is 19.9 Å². The van der Waals surface area contributed by atoms with Crippen molar-refractivity contribution in [1.29, 1.82) is 0 Å². The van der Waals surface area contributed by atoms with Crippen molar-refractivity contribution in [2.24, 2.45) is 0 Å². The number of aromatic nitrogens is 2. The van der Waals surface area contributed by atoms with Crippen LogP contribution in [0.1, 0.15) is 22.8 Å². The van der Waals surface area contributed by atoms with Crippen molar-refractivity contribution >= 4 is 11.9 Å². The fourth-order valence-corrected chi connectivity index (χ4v) is 1.93. The van der Waals surface area contributed by atoms with Crippen LogP contribution in [0.5, 0.6) is 0 Å². The molecule has 6 heteroatoms. The van der Waals surface area contributed by atoms with Gasteiger partial charge in [-0.15, -0.1) is 0 Å². The number of para-hydroxylation sites is 1. The van der Waals surface area contributed by atoms with E-state index in [2.05, 4.69) is 5.10 Å². The minimum Gasteiger partial charge on any atom is -0.480 e. The van der Waals surface area contributed by atoms with Crippen LogP contribution >= 0.6 is 0 Å². The number of rotatable bonds is 4. The molecule has 1 heterocycles. The summed E-state index contributed by atoms with van der Waals surface area (Å²) in [4.78, 5) is 24.3. The van der Waals surface area contributed by atoms with Gasteiger partial charge in [-0.1, -0.05) is 18.2 Å². The number of likely N-dealkylation sites (N-methyl/N-ethyl adjacent to an activating group) is 1. The molecule has 2 aromatic rings. The molecule has 1 aromatic carbocycles. The number of amides is 1. The number of hydrogen-bond acceptors (Lipinski definition) is 3. The van der Waals surface area contributed by atoms with Gasteiger partial charge in [0.05, 0.1) is 17.4 Å². The first-order valence-electron chi connectivity index (χ1n) is 6.52. The lowest BCUT2D eigenvalue weighted by atomic mass is 10.2. The van der Waals surface area contributed by atoms with Gasteiger partial charge in [0.25, 0.3) is 5.91 Å². The first kappa shape index (κ1) is 14.8. The van der Waals surface area contributed by atoms with Crippen molar-refractivity contribution in [2.75, 3.05) is 7.05 Å². The second-order valence-electron chi connectivity index (χ2n) is 4.89. The van der Waals surface area contributed by atoms with E-state index in [0.29, 0.717) is 5.56 Å². The number of carbonyl (C=O) groups is 2. The Morgan fingerprint density at radius 2 is 2.00 bits per heavy atom. The number of aryl methyl sites for hydroxylation is 1. The van der Waals surface area contributed by atoms with E-state index < -0.39 is 12.0 Å². The summed E-state index contributed by atoms with van der Waals surface area (Å²) in [7, 11) is 1.46. The van der Waals surface area contributed by atoms with Gasteiger partial charge in [-0.2, -0.15) is 5.10 Å². The molecule has 0 saturated carbocycles. The van der Waals surface area contributed by atoms with Gasteiger partial charge in [-0.25, -0.2) is 9.48 Å². The third kappa shape index (κ3) is 2.94. The van der Waals surface area contributed by atoms with Gasteiger partial charge in [-0.3, -0.25) is 4.79 Å². The zero-order valence-corrected chi connectivity index (χ0v) is 12.1. The van der Waals surface area contributed by atoms with Crippen molar-refractivity contribution in [3.63, 3.8) is 0 Å². The van der Waals surface area contributed by atoms with Crippen LogP contribution in [0.25, 0.3) is 5.69 Å². The minimum absolute atomic E-state index is 0.355. The number of carboxylic acid groups (broad SMARTS) is 1. The van der Waals surface area contributed by atoms with Crippen LogP contribution in [0, 0.1) is 6.92 Å². The molecule has 0 bridgehead atoms. The third-order valence-corrected chi connectivity index (χ3v) is 3.45. The Morgan fingerprint density at radius 3 is 2.62 bits per heavy atom. The third-order valence-electron chi connectivity index (χ3n) is 3.45. The molecule has 1 unspecified atom stereocenters. The Bertz CT molecular complexity index is 678. The molecule has 0 saturated heterocycles. The van der Waals surface area contributed by atoms with E-state index in [1.165, 1.54) is 25.1 Å². The van der Waals surface area contributed by atoms with Gasteiger partial charge in [0.15, 0.2) is 0 Å². The second kappa shape index (κ2) is 5.78. The number of hydrogen-bond donors (Lipinski definition) is 1. The molecule has 2 rings (SSSR count). The zero-order chi connectivity index (χ0) is 15.6. The molecule has 0 fully saturated rings. The summed E-state index contributed by atoms with van der Waals surface area (Å²) in [6, 6.07) is 6.79. The first-order chi connectivity index (χ1) is 9.91. The lowest BCUT2D eigenvalue weighted by Gasteiger charge is -2.20. The average molecular weight is 287 g/mol. The molecule has 0 aliphatic rings. The van der Waals surface area contributed by atoms with Crippen molar-refractivity contribution in [1.82, 2.24) is 14.7 Å². The van der Waals surface area contributed by atoms with Crippen LogP contribution in [-0.4, -0.2) is 44.8 Å². The number of nitrogens with zero attached hydrogens (tertiary/aromatic N) is 3. The van der Waals surface area contributed by atoms with Gasteiger partial charge >= 0.3 is 5.97 Å². The molecule has 6 nitrogen and oxygen atoms in total. The van der Waals surface area contributed by atoms with E-state index in [9.17, 15) is 9.59 Å². The summed E-state index contributed by atoms with van der Waals surface area (Å²) in [6.07, 6.45) is 3.05. The molecule has 0 spiro atoms. The summed E-state index contributed by atoms with van der Waals surface area (Å²) < 4.78 is 1.61. The van der Waals surface area contributed by atoms with E-state index in [0.717, 1.165) is 11.3 Å². The lowest BCUT2D eigenvalue weighted by Crippen LogP contribution is -2.40. The number of benzene rings is 1. The van der Waals surface area contributed by atoms with E-state index >= 15 is 0 Å². The van der Waals surface area contributed by atoms with Crippen molar-refractivity contribution in [3.05, 3.63) is 47.8 Å². The molecule has 21 heavy (non-hydrogen) atoms. The predicted molar refractivity (Wildman–Crippen MR) is 77.5 cm³/mol. The van der Waals surface area contributed by atoms with E-state index in [1.807, 2.05) is 31.2 Å². The molecule has 1 atom stereocenters. The summed E-state index contributed by atoms with van der Waals surface area (Å²) in [6.45, 7) is 3.42. The Kier molecular flexibility index (Phi) is 4.07. The van der Waals surface area contributed by atoms with Crippen LogP contribution in [0.2, 0.25) is 0 Å². The van der Waals surface area contributed by atoms with Crippen LogP contribution in [0.15, 0.2) is 36.7 Å². The van der Waals surface area contributed by atoms with Gasteiger partial charge in [-0.05, 0) is 25.5 Å². The van der Waals surface area contributed by atoms with Gasteiger partial charge in [0.2, 0.25) is 0 Å².